The summed E-state index contributed by atoms with van der Waals surface area (Å²) in [7, 11) is 2.12. The monoisotopic (exact) mass is 279 g/mol. The van der Waals surface area contributed by atoms with Gasteiger partial charge in [-0.3, -0.25) is 0 Å². The first kappa shape index (κ1) is 16.0. The van der Waals surface area contributed by atoms with Crippen LogP contribution in [0.15, 0.2) is 11.6 Å². The van der Waals surface area contributed by atoms with Gasteiger partial charge in [0, 0.05) is 6.61 Å². The first-order chi connectivity index (χ1) is 9.86. The number of likely N-dealkylation sites (N-methyl/N-ethyl adjacent to an activating group) is 1. The predicted octanol–water partition coefficient (Wildman–Crippen LogP) is 4.45. The molecule has 2 heteroatoms. The summed E-state index contributed by atoms with van der Waals surface area (Å²) >= 11 is 0. The van der Waals surface area contributed by atoms with E-state index in [-0.39, 0.29) is 0 Å². The molecule has 0 aliphatic heterocycles. The van der Waals surface area contributed by atoms with Gasteiger partial charge in [-0.05, 0) is 58.4 Å². The van der Waals surface area contributed by atoms with Crippen molar-refractivity contribution in [2.75, 3.05) is 13.7 Å². The molecule has 20 heavy (non-hydrogen) atoms. The van der Waals surface area contributed by atoms with E-state index in [4.69, 9.17) is 4.74 Å². The topological polar surface area (TPSA) is 21.3 Å². The SMILES string of the molecule is CCOC(C1CCCCC1)C(NC)C1=CCCCCC1. The van der Waals surface area contributed by atoms with Crippen LogP contribution in [0.4, 0.5) is 0 Å². The Morgan fingerprint density at radius 1 is 1.15 bits per heavy atom. The third-order valence-corrected chi connectivity index (χ3v) is 5.09. The van der Waals surface area contributed by atoms with Gasteiger partial charge in [0.05, 0.1) is 12.1 Å². The van der Waals surface area contributed by atoms with Gasteiger partial charge in [-0.15, -0.1) is 0 Å². The standard InChI is InChI=1S/C18H33NO/c1-3-20-18(16-13-9-6-10-14-16)17(19-2)15-11-7-4-5-8-12-15/h11,16-19H,3-10,12-14H2,1-2H3. The van der Waals surface area contributed by atoms with Gasteiger partial charge in [-0.2, -0.15) is 0 Å². The zero-order valence-electron chi connectivity index (χ0n) is 13.5. The van der Waals surface area contributed by atoms with Gasteiger partial charge in [0.2, 0.25) is 0 Å². The minimum atomic E-state index is 0.384. The Bertz CT molecular complexity index is 294. The molecule has 2 rings (SSSR count). The van der Waals surface area contributed by atoms with Crippen molar-refractivity contribution in [2.45, 2.75) is 83.3 Å². The van der Waals surface area contributed by atoms with Crippen molar-refractivity contribution in [3.8, 4) is 0 Å². The van der Waals surface area contributed by atoms with Gasteiger partial charge >= 0.3 is 0 Å². The second kappa shape index (κ2) is 8.84. The summed E-state index contributed by atoms with van der Waals surface area (Å²) in [6.07, 6.45) is 16.4. The summed E-state index contributed by atoms with van der Waals surface area (Å²) < 4.78 is 6.23. The van der Waals surface area contributed by atoms with Crippen LogP contribution in [-0.4, -0.2) is 25.8 Å². The molecule has 0 amide bonds. The fourth-order valence-corrected chi connectivity index (χ4v) is 4.04. The fraction of sp³-hybridized carbons (Fsp3) is 0.889. The Morgan fingerprint density at radius 2 is 1.90 bits per heavy atom. The molecule has 2 atom stereocenters. The van der Waals surface area contributed by atoms with Crippen molar-refractivity contribution in [2.24, 2.45) is 5.92 Å². The maximum atomic E-state index is 6.23. The highest BCUT2D eigenvalue weighted by atomic mass is 16.5. The van der Waals surface area contributed by atoms with Crippen LogP contribution in [0.1, 0.15) is 71.1 Å². The summed E-state index contributed by atoms with van der Waals surface area (Å²) in [5.41, 5.74) is 1.62. The van der Waals surface area contributed by atoms with E-state index in [1.165, 1.54) is 64.2 Å². The number of rotatable bonds is 6. The molecule has 0 aromatic heterocycles. The molecule has 0 heterocycles. The minimum absolute atomic E-state index is 0.384. The molecule has 0 radical (unpaired) electrons. The lowest BCUT2D eigenvalue weighted by molar-refractivity contribution is -0.00892. The second-order valence-corrected chi connectivity index (χ2v) is 6.46. The number of allylic oxidation sites excluding steroid dienone is 1. The Morgan fingerprint density at radius 3 is 2.60 bits per heavy atom. The molecule has 116 valence electrons. The molecule has 2 nitrogen and oxygen atoms in total. The Hall–Kier alpha value is -0.340. The summed E-state index contributed by atoms with van der Waals surface area (Å²) in [5, 5.41) is 3.59. The molecule has 0 saturated heterocycles. The van der Waals surface area contributed by atoms with E-state index in [9.17, 15) is 0 Å². The van der Waals surface area contributed by atoms with Gasteiger partial charge < -0.3 is 10.1 Å². The predicted molar refractivity (Wildman–Crippen MR) is 86.0 cm³/mol. The molecule has 1 N–H and O–H groups in total. The van der Waals surface area contributed by atoms with Crippen molar-refractivity contribution < 1.29 is 4.74 Å². The van der Waals surface area contributed by atoms with Crippen LogP contribution in [0.5, 0.6) is 0 Å². The molecule has 0 aromatic rings. The summed E-state index contributed by atoms with van der Waals surface area (Å²) in [6.45, 7) is 2.98. The third-order valence-electron chi connectivity index (χ3n) is 5.09. The van der Waals surface area contributed by atoms with E-state index in [2.05, 4.69) is 25.4 Å². The fourth-order valence-electron chi connectivity index (χ4n) is 4.04. The Labute approximate surface area is 125 Å². The van der Waals surface area contributed by atoms with E-state index in [1.807, 2.05) is 0 Å². The average molecular weight is 279 g/mol. The van der Waals surface area contributed by atoms with E-state index >= 15 is 0 Å². The lowest BCUT2D eigenvalue weighted by Gasteiger charge is -2.36. The highest BCUT2D eigenvalue weighted by Gasteiger charge is 2.32. The van der Waals surface area contributed by atoms with E-state index in [0.29, 0.717) is 12.1 Å². The first-order valence-corrected chi connectivity index (χ1v) is 8.84. The molecule has 0 spiro atoms. The largest absolute Gasteiger partial charge is 0.376 e. The van der Waals surface area contributed by atoms with E-state index in [0.717, 1.165) is 12.5 Å². The van der Waals surface area contributed by atoms with Gasteiger partial charge in [-0.25, -0.2) is 0 Å². The van der Waals surface area contributed by atoms with Gasteiger partial charge in [-0.1, -0.05) is 37.3 Å². The molecule has 1 fully saturated rings. The summed E-state index contributed by atoms with van der Waals surface area (Å²) in [5.74, 6) is 0.755. The van der Waals surface area contributed by atoms with Gasteiger partial charge in [0.1, 0.15) is 0 Å². The van der Waals surface area contributed by atoms with Crippen LogP contribution in [0, 0.1) is 5.92 Å². The zero-order valence-corrected chi connectivity index (χ0v) is 13.5. The van der Waals surface area contributed by atoms with Crippen LogP contribution in [-0.2, 0) is 4.74 Å². The van der Waals surface area contributed by atoms with Crippen molar-refractivity contribution in [1.82, 2.24) is 5.32 Å². The molecule has 2 aliphatic carbocycles. The highest BCUT2D eigenvalue weighted by molar-refractivity contribution is 5.15. The maximum absolute atomic E-state index is 6.23. The number of nitrogens with one attached hydrogen (secondary N) is 1. The maximum Gasteiger partial charge on any atom is 0.0794 e. The second-order valence-electron chi connectivity index (χ2n) is 6.46. The molecule has 1 saturated carbocycles. The Balaban J connectivity index is 2.08. The van der Waals surface area contributed by atoms with Crippen molar-refractivity contribution in [1.29, 1.82) is 0 Å². The van der Waals surface area contributed by atoms with Crippen molar-refractivity contribution in [3.05, 3.63) is 11.6 Å². The van der Waals surface area contributed by atoms with Gasteiger partial charge in [0.25, 0.3) is 0 Å². The van der Waals surface area contributed by atoms with Crippen LogP contribution in [0.3, 0.4) is 0 Å². The molecule has 2 unspecified atom stereocenters. The minimum Gasteiger partial charge on any atom is -0.376 e. The molecular weight excluding hydrogens is 246 g/mol. The van der Waals surface area contributed by atoms with Crippen molar-refractivity contribution >= 4 is 0 Å². The molecular formula is C18H33NO. The summed E-state index contributed by atoms with van der Waals surface area (Å²) in [6, 6.07) is 0.441. The molecule has 0 bridgehead atoms. The first-order valence-electron chi connectivity index (χ1n) is 8.84. The van der Waals surface area contributed by atoms with Crippen molar-refractivity contribution in [3.63, 3.8) is 0 Å². The smallest absolute Gasteiger partial charge is 0.0794 e. The average Bonchev–Trinajstić information content (AvgIpc) is 2.77. The Kier molecular flexibility index (Phi) is 7.09. The number of hydrogen-bond donors (Lipinski definition) is 1. The van der Waals surface area contributed by atoms with Crippen LogP contribution in [0.25, 0.3) is 0 Å². The number of ether oxygens (including phenoxy) is 1. The molecule has 2 aliphatic rings. The van der Waals surface area contributed by atoms with Crippen LogP contribution < -0.4 is 5.32 Å². The molecule has 0 aromatic carbocycles. The van der Waals surface area contributed by atoms with Crippen LogP contribution in [0.2, 0.25) is 0 Å². The normalized spacial score (nSPS) is 24.8. The lowest BCUT2D eigenvalue weighted by atomic mass is 9.80. The van der Waals surface area contributed by atoms with Gasteiger partial charge in [0.15, 0.2) is 0 Å². The number of hydrogen-bond acceptors (Lipinski definition) is 2. The van der Waals surface area contributed by atoms with E-state index in [1.54, 1.807) is 5.57 Å². The highest BCUT2D eigenvalue weighted by Crippen LogP contribution is 2.33. The lowest BCUT2D eigenvalue weighted by Crippen LogP contribution is -2.46. The quantitative estimate of drug-likeness (QED) is 0.725. The zero-order chi connectivity index (χ0) is 14.2. The van der Waals surface area contributed by atoms with E-state index < -0.39 is 0 Å². The van der Waals surface area contributed by atoms with Crippen LogP contribution >= 0.6 is 0 Å². The third kappa shape index (κ3) is 4.33. The summed E-state index contributed by atoms with van der Waals surface area (Å²) in [4.78, 5) is 0.